The van der Waals surface area contributed by atoms with E-state index in [1.165, 1.54) is 6.07 Å². The molecule has 6 heteroatoms. The van der Waals surface area contributed by atoms with Crippen LogP contribution in [0.2, 0.25) is 0 Å². The van der Waals surface area contributed by atoms with Crippen LogP contribution in [0.1, 0.15) is 70.4 Å². The Balaban J connectivity index is 1.92. The molecule has 3 nitrogen and oxygen atoms in total. The van der Waals surface area contributed by atoms with Crippen molar-refractivity contribution in [1.29, 1.82) is 0 Å². The molecule has 3 aliphatic rings. The number of carbonyl (C=O) groups excluding carboxylic acids is 2. The number of hydrogen-bond acceptors (Lipinski definition) is 3. The number of rotatable bonds is 1. The number of Topliss-reactive ketones (excluding diaryl/α,β-unsaturated/α-hetero) is 2. The summed E-state index contributed by atoms with van der Waals surface area (Å²) in [7, 11) is 0. The second-order valence-electron chi connectivity index (χ2n) is 10.2. The van der Waals surface area contributed by atoms with Gasteiger partial charge in [0.1, 0.15) is 11.5 Å². The van der Waals surface area contributed by atoms with Crippen LogP contribution in [-0.4, -0.2) is 11.6 Å². The number of halogens is 3. The lowest BCUT2D eigenvalue weighted by Gasteiger charge is -2.42. The fourth-order valence-corrected chi connectivity index (χ4v) is 4.90. The van der Waals surface area contributed by atoms with Crippen LogP contribution in [0, 0.1) is 10.8 Å². The highest BCUT2D eigenvalue weighted by Crippen LogP contribution is 2.53. The first kappa shape index (κ1) is 20.9. The van der Waals surface area contributed by atoms with E-state index in [0.717, 1.165) is 12.1 Å². The lowest BCUT2D eigenvalue weighted by Crippen LogP contribution is -2.37. The smallest absolute Gasteiger partial charge is 0.416 e. The molecule has 160 valence electrons. The molecule has 1 aliphatic heterocycles. The van der Waals surface area contributed by atoms with Gasteiger partial charge in [-0.25, -0.2) is 0 Å². The van der Waals surface area contributed by atoms with Gasteiger partial charge in [-0.1, -0.05) is 45.9 Å². The van der Waals surface area contributed by atoms with Crippen molar-refractivity contribution in [3.63, 3.8) is 0 Å². The van der Waals surface area contributed by atoms with E-state index in [1.54, 1.807) is 6.07 Å². The normalized spacial score (nSPS) is 23.8. The zero-order chi connectivity index (χ0) is 22.1. The van der Waals surface area contributed by atoms with Gasteiger partial charge in [0.25, 0.3) is 0 Å². The van der Waals surface area contributed by atoms with E-state index in [4.69, 9.17) is 4.74 Å². The van der Waals surface area contributed by atoms with Crippen LogP contribution in [0.15, 0.2) is 46.9 Å². The highest BCUT2D eigenvalue weighted by molar-refractivity contribution is 6.06. The Labute approximate surface area is 174 Å². The fraction of sp³-hybridized carbons (Fsp3) is 0.500. The molecule has 0 fully saturated rings. The topological polar surface area (TPSA) is 43.4 Å². The molecule has 1 heterocycles. The molecule has 1 aromatic rings. The predicted octanol–water partition coefficient (Wildman–Crippen LogP) is 6.11. The summed E-state index contributed by atoms with van der Waals surface area (Å²) in [5.41, 5.74) is -0.390. The Kier molecular flexibility index (Phi) is 4.57. The first-order valence-corrected chi connectivity index (χ1v) is 10.1. The minimum atomic E-state index is -4.51. The third-order valence-corrected chi connectivity index (χ3v) is 6.13. The van der Waals surface area contributed by atoms with Gasteiger partial charge in [-0.05, 0) is 22.5 Å². The number of allylic oxidation sites excluding steroid dienone is 4. The first-order chi connectivity index (χ1) is 13.8. The maximum absolute atomic E-state index is 13.4. The summed E-state index contributed by atoms with van der Waals surface area (Å²) in [5, 5.41) is 0. The summed E-state index contributed by atoms with van der Waals surface area (Å²) in [6.45, 7) is 7.88. The predicted molar refractivity (Wildman–Crippen MR) is 105 cm³/mol. The zero-order valence-corrected chi connectivity index (χ0v) is 17.6. The SMILES string of the molecule is CC1(C)CC(=O)C2=C(C1)OC1=C(C(=O)CC(C)(C)C1)C2c1cccc(C(F)(F)F)c1. The number of carbonyl (C=O) groups is 2. The Morgan fingerprint density at radius 2 is 1.37 bits per heavy atom. The fourth-order valence-electron chi connectivity index (χ4n) is 4.90. The van der Waals surface area contributed by atoms with Gasteiger partial charge in [0.2, 0.25) is 0 Å². The van der Waals surface area contributed by atoms with E-state index in [1.807, 2.05) is 27.7 Å². The monoisotopic (exact) mass is 418 g/mol. The summed E-state index contributed by atoms with van der Waals surface area (Å²) >= 11 is 0. The van der Waals surface area contributed by atoms with Gasteiger partial charge >= 0.3 is 6.18 Å². The molecule has 1 aromatic carbocycles. The number of ether oxygens (including phenoxy) is 1. The summed E-state index contributed by atoms with van der Waals surface area (Å²) < 4.78 is 46.3. The van der Waals surface area contributed by atoms with E-state index in [9.17, 15) is 22.8 Å². The van der Waals surface area contributed by atoms with Crippen molar-refractivity contribution >= 4 is 11.6 Å². The summed E-state index contributed by atoms with van der Waals surface area (Å²) in [6.07, 6.45) is -2.95. The molecule has 30 heavy (non-hydrogen) atoms. The largest absolute Gasteiger partial charge is 0.465 e. The average molecular weight is 418 g/mol. The van der Waals surface area contributed by atoms with Gasteiger partial charge < -0.3 is 4.74 Å². The van der Waals surface area contributed by atoms with Crippen LogP contribution in [-0.2, 0) is 20.5 Å². The molecule has 0 aromatic heterocycles. The van der Waals surface area contributed by atoms with Crippen LogP contribution in [0.25, 0.3) is 0 Å². The zero-order valence-electron chi connectivity index (χ0n) is 17.6. The van der Waals surface area contributed by atoms with Gasteiger partial charge in [-0.2, -0.15) is 13.2 Å². The van der Waals surface area contributed by atoms with Gasteiger partial charge in [0, 0.05) is 42.7 Å². The molecule has 0 amide bonds. The van der Waals surface area contributed by atoms with E-state index in [-0.39, 0.29) is 35.2 Å². The first-order valence-electron chi connectivity index (χ1n) is 10.1. The van der Waals surface area contributed by atoms with Crippen molar-refractivity contribution in [2.75, 3.05) is 0 Å². The van der Waals surface area contributed by atoms with Crippen LogP contribution >= 0.6 is 0 Å². The maximum atomic E-state index is 13.4. The highest BCUT2D eigenvalue weighted by Gasteiger charge is 2.48. The molecule has 0 radical (unpaired) electrons. The average Bonchev–Trinajstić information content (AvgIpc) is 2.57. The van der Waals surface area contributed by atoms with Crippen LogP contribution in [0.5, 0.6) is 0 Å². The molecule has 0 saturated heterocycles. The second-order valence-corrected chi connectivity index (χ2v) is 10.2. The van der Waals surface area contributed by atoms with Crippen molar-refractivity contribution in [3.05, 3.63) is 58.1 Å². The second kappa shape index (κ2) is 6.56. The summed E-state index contributed by atoms with van der Waals surface area (Å²) in [5.74, 6) is -0.121. The summed E-state index contributed by atoms with van der Waals surface area (Å²) in [6, 6.07) is 4.97. The Morgan fingerprint density at radius 3 is 1.83 bits per heavy atom. The lowest BCUT2D eigenvalue weighted by atomic mass is 9.65. The maximum Gasteiger partial charge on any atom is 0.416 e. The molecule has 0 bridgehead atoms. The molecule has 4 rings (SSSR count). The molecule has 0 N–H and O–H groups in total. The van der Waals surface area contributed by atoms with Gasteiger partial charge in [0.15, 0.2) is 11.6 Å². The minimum Gasteiger partial charge on any atom is -0.465 e. The Hall–Kier alpha value is -2.37. The standard InChI is InChI=1S/C24H25F3O3/c1-22(2)9-15(28)20-17(11-22)30-18-12-23(3,4)10-16(29)21(18)19(20)13-6-5-7-14(8-13)24(25,26)27/h5-8,19H,9-12H2,1-4H3. The molecule has 0 saturated carbocycles. The van der Waals surface area contributed by atoms with Crippen molar-refractivity contribution < 1.29 is 27.5 Å². The van der Waals surface area contributed by atoms with Crippen molar-refractivity contribution in [2.24, 2.45) is 10.8 Å². The van der Waals surface area contributed by atoms with Gasteiger partial charge in [0.05, 0.1) is 5.56 Å². The molecular weight excluding hydrogens is 393 g/mol. The van der Waals surface area contributed by atoms with E-state index in [2.05, 4.69) is 0 Å². The van der Waals surface area contributed by atoms with Gasteiger partial charge in [-0.15, -0.1) is 0 Å². The molecule has 0 unspecified atom stereocenters. The third kappa shape index (κ3) is 3.61. The minimum absolute atomic E-state index is 0.159. The molecule has 2 aliphatic carbocycles. The number of benzene rings is 1. The molecule has 0 spiro atoms. The van der Waals surface area contributed by atoms with Crippen molar-refractivity contribution in [2.45, 2.75) is 65.5 Å². The highest BCUT2D eigenvalue weighted by atomic mass is 19.4. The van der Waals surface area contributed by atoms with E-state index in [0.29, 0.717) is 41.1 Å². The molecular formula is C24H25F3O3. The number of ketones is 2. The van der Waals surface area contributed by atoms with Crippen molar-refractivity contribution in [3.8, 4) is 0 Å². The van der Waals surface area contributed by atoms with Crippen LogP contribution in [0.4, 0.5) is 13.2 Å². The van der Waals surface area contributed by atoms with Crippen LogP contribution < -0.4 is 0 Å². The van der Waals surface area contributed by atoms with E-state index < -0.39 is 17.7 Å². The van der Waals surface area contributed by atoms with E-state index >= 15 is 0 Å². The summed E-state index contributed by atoms with van der Waals surface area (Å²) in [4.78, 5) is 26.2. The third-order valence-electron chi connectivity index (χ3n) is 6.13. The quantitative estimate of drug-likeness (QED) is 0.553. The number of alkyl halides is 3. The Bertz CT molecular complexity index is 957. The number of hydrogen-bond donors (Lipinski definition) is 0. The Morgan fingerprint density at radius 1 is 0.867 bits per heavy atom. The van der Waals surface area contributed by atoms with Gasteiger partial charge in [-0.3, -0.25) is 9.59 Å². The van der Waals surface area contributed by atoms with Crippen LogP contribution in [0.3, 0.4) is 0 Å². The molecule has 0 atom stereocenters. The lowest BCUT2D eigenvalue weighted by molar-refractivity contribution is -0.137. The van der Waals surface area contributed by atoms with Crippen molar-refractivity contribution in [1.82, 2.24) is 0 Å².